The van der Waals surface area contributed by atoms with E-state index < -0.39 is 0 Å². The molecule has 31 heavy (non-hydrogen) atoms. The number of hydrogen-bond donors (Lipinski definition) is 0. The summed E-state index contributed by atoms with van der Waals surface area (Å²) < 4.78 is 6.33. The first-order valence-corrected chi connectivity index (χ1v) is 10.9. The Labute approximate surface area is 181 Å². The maximum Gasteiger partial charge on any atom is 0.138 e. The number of fused-ring (bicyclic) bond motifs is 6. The molecule has 0 saturated heterocycles. The van der Waals surface area contributed by atoms with Crippen molar-refractivity contribution in [2.75, 3.05) is 0 Å². The fourth-order valence-corrected chi connectivity index (χ4v) is 4.96. The Kier molecular flexibility index (Phi) is 3.85. The number of furan rings is 1. The van der Waals surface area contributed by atoms with Crippen LogP contribution < -0.4 is 0 Å². The quantitative estimate of drug-likeness (QED) is 0.299. The Morgan fingerprint density at radius 1 is 0.935 bits per heavy atom. The zero-order valence-corrected chi connectivity index (χ0v) is 18.1. The summed E-state index contributed by atoms with van der Waals surface area (Å²) in [5, 5.41) is 3.64. The Balaban J connectivity index is 1.69. The molecule has 0 unspecified atom stereocenters. The highest BCUT2D eigenvalue weighted by molar-refractivity contribution is 6.06. The van der Waals surface area contributed by atoms with Crippen LogP contribution in [0.5, 0.6) is 0 Å². The second kappa shape index (κ2) is 6.52. The largest absolute Gasteiger partial charge is 0.460 e. The number of nitrogens with zero attached hydrogens (tertiary/aromatic N) is 2. The maximum atomic E-state index is 6.33. The van der Waals surface area contributed by atoms with Crippen LogP contribution in [0.15, 0.2) is 71.5 Å². The molecule has 0 atom stereocenters. The van der Waals surface area contributed by atoms with E-state index in [1.165, 1.54) is 27.5 Å². The van der Waals surface area contributed by atoms with E-state index in [1.807, 2.05) is 24.7 Å². The first kappa shape index (κ1) is 18.3. The van der Waals surface area contributed by atoms with Crippen LogP contribution in [-0.2, 0) is 18.3 Å². The van der Waals surface area contributed by atoms with E-state index in [0.717, 1.165) is 46.4 Å². The number of hydrogen-bond acceptors (Lipinski definition) is 3. The zero-order chi connectivity index (χ0) is 21.2. The predicted octanol–water partition coefficient (Wildman–Crippen LogP) is 7.11. The molecule has 3 nitrogen and oxygen atoms in total. The van der Waals surface area contributed by atoms with Crippen LogP contribution in [0.3, 0.4) is 0 Å². The van der Waals surface area contributed by atoms with Gasteiger partial charge in [0, 0.05) is 41.7 Å². The molecule has 5 aromatic rings. The van der Waals surface area contributed by atoms with Crippen LogP contribution in [0.4, 0.5) is 0 Å². The van der Waals surface area contributed by atoms with Gasteiger partial charge in [-0.15, -0.1) is 0 Å². The molecular weight excluding hydrogens is 380 g/mol. The number of aromatic nitrogens is 2. The Morgan fingerprint density at radius 3 is 2.68 bits per heavy atom. The molecule has 2 aromatic carbocycles. The lowest BCUT2D eigenvalue weighted by Gasteiger charge is -2.23. The van der Waals surface area contributed by atoms with Crippen LogP contribution in [0, 0.1) is 0 Å². The summed E-state index contributed by atoms with van der Waals surface area (Å²) >= 11 is 0. The summed E-state index contributed by atoms with van der Waals surface area (Å²) in [6.07, 6.45) is 7.61. The molecule has 0 amide bonds. The molecule has 3 aromatic heterocycles. The summed E-state index contributed by atoms with van der Waals surface area (Å²) in [5.41, 5.74) is 8.04. The maximum absolute atomic E-state index is 6.33. The summed E-state index contributed by atoms with van der Waals surface area (Å²) in [6.45, 7) is 6.82. The van der Waals surface area contributed by atoms with E-state index in [9.17, 15) is 0 Å². The zero-order valence-electron chi connectivity index (χ0n) is 18.1. The van der Waals surface area contributed by atoms with Gasteiger partial charge in [-0.2, -0.15) is 0 Å². The smallest absolute Gasteiger partial charge is 0.138 e. The highest BCUT2D eigenvalue weighted by Gasteiger charge is 2.26. The van der Waals surface area contributed by atoms with Gasteiger partial charge in [-0.3, -0.25) is 9.97 Å². The number of rotatable bonds is 1. The number of pyridine rings is 2. The van der Waals surface area contributed by atoms with Crippen LogP contribution in [0.2, 0.25) is 0 Å². The average molecular weight is 405 g/mol. The minimum Gasteiger partial charge on any atom is -0.460 e. The molecule has 0 saturated carbocycles. The van der Waals surface area contributed by atoms with Crippen molar-refractivity contribution >= 4 is 21.7 Å². The average Bonchev–Trinajstić information content (AvgIpc) is 3.17. The summed E-state index contributed by atoms with van der Waals surface area (Å²) in [6, 6.07) is 17.3. The summed E-state index contributed by atoms with van der Waals surface area (Å²) in [4.78, 5) is 9.29. The van der Waals surface area contributed by atoms with Crippen LogP contribution in [0.25, 0.3) is 44.1 Å². The topological polar surface area (TPSA) is 38.9 Å². The van der Waals surface area contributed by atoms with Gasteiger partial charge in [0.15, 0.2) is 0 Å². The lowest BCUT2D eigenvalue weighted by Crippen LogP contribution is -2.12. The second-order valence-corrected chi connectivity index (χ2v) is 9.46. The van der Waals surface area contributed by atoms with Crippen molar-refractivity contribution in [2.24, 2.45) is 0 Å². The first-order valence-electron chi connectivity index (χ1n) is 10.9. The van der Waals surface area contributed by atoms with Gasteiger partial charge in [0.1, 0.15) is 11.3 Å². The van der Waals surface area contributed by atoms with Crippen LogP contribution in [-0.4, -0.2) is 9.97 Å². The summed E-state index contributed by atoms with van der Waals surface area (Å²) in [7, 11) is 0. The molecule has 1 aliphatic rings. The molecule has 1 aliphatic carbocycles. The van der Waals surface area contributed by atoms with Crippen molar-refractivity contribution in [3.8, 4) is 22.4 Å². The van der Waals surface area contributed by atoms with E-state index in [2.05, 4.69) is 68.2 Å². The molecule has 0 fully saturated rings. The van der Waals surface area contributed by atoms with Crippen molar-refractivity contribution in [1.29, 1.82) is 0 Å². The minimum atomic E-state index is 0.0237. The van der Waals surface area contributed by atoms with Crippen molar-refractivity contribution in [3.05, 3.63) is 84.0 Å². The molecule has 3 heterocycles. The fraction of sp³-hybridized carbons (Fsp3) is 0.214. The fourth-order valence-electron chi connectivity index (χ4n) is 4.96. The third-order valence-electron chi connectivity index (χ3n) is 6.42. The Morgan fingerprint density at radius 2 is 1.81 bits per heavy atom. The van der Waals surface area contributed by atoms with Crippen LogP contribution >= 0.6 is 0 Å². The van der Waals surface area contributed by atoms with Gasteiger partial charge in [0.05, 0.1) is 11.1 Å². The molecule has 0 bridgehead atoms. The van der Waals surface area contributed by atoms with Gasteiger partial charge in [-0.25, -0.2) is 0 Å². The number of aryl methyl sites for hydroxylation is 2. The third-order valence-corrected chi connectivity index (χ3v) is 6.42. The van der Waals surface area contributed by atoms with Gasteiger partial charge < -0.3 is 4.42 Å². The highest BCUT2D eigenvalue weighted by Crippen LogP contribution is 2.44. The lowest BCUT2D eigenvalue weighted by molar-refractivity contribution is 0.545. The third kappa shape index (κ3) is 2.80. The van der Waals surface area contributed by atoms with E-state index >= 15 is 0 Å². The number of benzene rings is 2. The van der Waals surface area contributed by atoms with E-state index in [1.54, 1.807) is 0 Å². The van der Waals surface area contributed by atoms with Crippen molar-refractivity contribution < 1.29 is 4.42 Å². The Hall–Kier alpha value is -3.46. The molecule has 0 spiro atoms. The van der Waals surface area contributed by atoms with Crippen molar-refractivity contribution in [1.82, 2.24) is 9.97 Å². The first-order chi connectivity index (χ1) is 15.0. The van der Waals surface area contributed by atoms with E-state index in [0.29, 0.717) is 0 Å². The Bertz CT molecular complexity index is 1470. The predicted molar refractivity (Wildman–Crippen MR) is 126 cm³/mol. The normalized spacial score (nSPS) is 13.4. The van der Waals surface area contributed by atoms with Gasteiger partial charge in [0.25, 0.3) is 0 Å². The molecule has 0 radical (unpaired) electrons. The van der Waals surface area contributed by atoms with Gasteiger partial charge in [-0.05, 0) is 58.0 Å². The molecular formula is C28H24N2O. The van der Waals surface area contributed by atoms with Crippen LogP contribution in [0.1, 0.15) is 37.7 Å². The van der Waals surface area contributed by atoms with Gasteiger partial charge in [-0.1, -0.05) is 45.0 Å². The van der Waals surface area contributed by atoms with Gasteiger partial charge in [0.2, 0.25) is 0 Å². The van der Waals surface area contributed by atoms with Crippen molar-refractivity contribution in [3.63, 3.8) is 0 Å². The van der Waals surface area contributed by atoms with E-state index in [4.69, 9.17) is 9.40 Å². The molecule has 0 aliphatic heterocycles. The SMILES string of the molecule is CC(C)(C)c1cc(-c2nccc3oc4c(c23)-c2cnccc2CC4)cc2ccccc12. The second-order valence-electron chi connectivity index (χ2n) is 9.46. The van der Waals surface area contributed by atoms with Gasteiger partial charge >= 0.3 is 0 Å². The molecule has 0 N–H and O–H groups in total. The molecule has 6 rings (SSSR count). The standard InChI is InChI=1S/C28H24N2O/c1-28(2,3)22-15-19(14-18-6-4-5-7-20(18)22)27-26-24(11-13-30-27)31-23-9-8-17-10-12-29-16-21(17)25(23)26/h4-7,10-16H,8-9H2,1-3H3. The van der Waals surface area contributed by atoms with E-state index in [-0.39, 0.29) is 5.41 Å². The summed E-state index contributed by atoms with van der Waals surface area (Å²) in [5.74, 6) is 1.04. The van der Waals surface area contributed by atoms with Crippen molar-refractivity contribution in [2.45, 2.75) is 39.0 Å². The molecule has 152 valence electrons. The molecule has 3 heteroatoms. The minimum absolute atomic E-state index is 0.0237. The lowest BCUT2D eigenvalue weighted by atomic mass is 9.81. The highest BCUT2D eigenvalue weighted by atomic mass is 16.3. The monoisotopic (exact) mass is 404 g/mol.